The maximum absolute atomic E-state index is 10.4. The second kappa shape index (κ2) is 5.29. The van der Waals surface area contributed by atoms with Crippen molar-refractivity contribution in [3.63, 3.8) is 0 Å². The van der Waals surface area contributed by atoms with E-state index in [-0.39, 0.29) is 0 Å². The fraction of sp³-hybridized carbons (Fsp3) is 0.143. The van der Waals surface area contributed by atoms with E-state index in [4.69, 9.17) is 22.1 Å². The van der Waals surface area contributed by atoms with Crippen molar-refractivity contribution in [3.8, 4) is 5.75 Å². The lowest BCUT2D eigenvalue weighted by atomic mass is 9.99. The summed E-state index contributed by atoms with van der Waals surface area (Å²) >= 11 is 5.95. The second-order valence-corrected chi connectivity index (χ2v) is 4.35. The van der Waals surface area contributed by atoms with Gasteiger partial charge in [-0.2, -0.15) is 0 Å². The van der Waals surface area contributed by atoms with Crippen molar-refractivity contribution in [3.05, 3.63) is 58.6 Å². The molecule has 1 atom stereocenters. The molecular weight excluding hydrogens is 250 g/mol. The Kier molecular flexibility index (Phi) is 3.75. The summed E-state index contributed by atoms with van der Waals surface area (Å²) in [6.45, 7) is 0. The van der Waals surface area contributed by atoms with E-state index in [1.165, 1.54) is 0 Å². The molecule has 0 amide bonds. The van der Waals surface area contributed by atoms with Gasteiger partial charge in [-0.25, -0.2) is 0 Å². The molecule has 0 aliphatic rings. The standard InChI is InChI=1S/C14H14ClNO2/c1-18-13-7-6-9(15)8-11(13)14(17)10-4-2-3-5-12(10)16/h2-8,14,17H,16H2,1H3. The molecule has 18 heavy (non-hydrogen) atoms. The maximum atomic E-state index is 10.4. The summed E-state index contributed by atoms with van der Waals surface area (Å²) in [6, 6.07) is 12.3. The Labute approximate surface area is 111 Å². The van der Waals surface area contributed by atoms with Crippen molar-refractivity contribution in [1.29, 1.82) is 0 Å². The SMILES string of the molecule is COc1ccc(Cl)cc1C(O)c1ccccc1N. The van der Waals surface area contributed by atoms with Crippen LogP contribution in [0.3, 0.4) is 0 Å². The number of ether oxygens (including phenoxy) is 1. The molecule has 3 N–H and O–H groups in total. The number of anilines is 1. The van der Waals surface area contributed by atoms with Gasteiger partial charge in [0.1, 0.15) is 11.9 Å². The third-order valence-electron chi connectivity index (χ3n) is 2.78. The minimum atomic E-state index is -0.861. The van der Waals surface area contributed by atoms with E-state index >= 15 is 0 Å². The summed E-state index contributed by atoms with van der Waals surface area (Å²) in [6.07, 6.45) is -0.861. The topological polar surface area (TPSA) is 55.5 Å². The van der Waals surface area contributed by atoms with Crippen LogP contribution < -0.4 is 10.5 Å². The maximum Gasteiger partial charge on any atom is 0.125 e. The van der Waals surface area contributed by atoms with Crippen molar-refractivity contribution < 1.29 is 9.84 Å². The monoisotopic (exact) mass is 263 g/mol. The summed E-state index contributed by atoms with van der Waals surface area (Å²) in [5, 5.41) is 10.9. The van der Waals surface area contributed by atoms with Gasteiger partial charge < -0.3 is 15.6 Å². The summed E-state index contributed by atoms with van der Waals surface area (Å²) < 4.78 is 5.22. The van der Waals surface area contributed by atoms with Gasteiger partial charge in [-0.15, -0.1) is 0 Å². The number of para-hydroxylation sites is 1. The fourth-order valence-corrected chi connectivity index (χ4v) is 2.03. The number of benzene rings is 2. The van der Waals surface area contributed by atoms with Crippen molar-refractivity contribution in [2.75, 3.05) is 12.8 Å². The molecule has 1 unspecified atom stereocenters. The van der Waals surface area contributed by atoms with E-state index in [1.54, 1.807) is 37.4 Å². The summed E-state index contributed by atoms with van der Waals surface area (Å²) in [4.78, 5) is 0. The Morgan fingerprint density at radius 1 is 1.17 bits per heavy atom. The predicted molar refractivity (Wildman–Crippen MR) is 72.9 cm³/mol. The summed E-state index contributed by atoms with van der Waals surface area (Å²) in [5.41, 5.74) is 7.63. The predicted octanol–water partition coefficient (Wildman–Crippen LogP) is 3.01. The largest absolute Gasteiger partial charge is 0.496 e. The average Bonchev–Trinajstić information content (AvgIpc) is 2.38. The van der Waals surface area contributed by atoms with Gasteiger partial charge in [0, 0.05) is 21.8 Å². The van der Waals surface area contributed by atoms with Crippen molar-refractivity contribution in [2.24, 2.45) is 0 Å². The fourth-order valence-electron chi connectivity index (χ4n) is 1.85. The van der Waals surface area contributed by atoms with Gasteiger partial charge in [0.25, 0.3) is 0 Å². The van der Waals surface area contributed by atoms with Crippen molar-refractivity contribution >= 4 is 17.3 Å². The zero-order valence-corrected chi connectivity index (χ0v) is 10.7. The lowest BCUT2D eigenvalue weighted by Crippen LogP contribution is -2.05. The van der Waals surface area contributed by atoms with E-state index in [0.717, 1.165) is 0 Å². The number of aliphatic hydroxyl groups excluding tert-OH is 1. The normalized spacial score (nSPS) is 12.2. The molecule has 2 aromatic rings. The molecule has 94 valence electrons. The minimum absolute atomic E-state index is 0.534. The highest BCUT2D eigenvalue weighted by Crippen LogP contribution is 2.34. The summed E-state index contributed by atoms with van der Waals surface area (Å²) in [7, 11) is 1.55. The molecule has 0 spiro atoms. The lowest BCUT2D eigenvalue weighted by molar-refractivity contribution is 0.215. The number of halogens is 1. The lowest BCUT2D eigenvalue weighted by Gasteiger charge is -2.17. The molecule has 0 radical (unpaired) electrons. The molecule has 0 bridgehead atoms. The van der Waals surface area contributed by atoms with Crippen LogP contribution in [0.25, 0.3) is 0 Å². The smallest absolute Gasteiger partial charge is 0.125 e. The van der Waals surface area contributed by atoms with Crippen LogP contribution in [0.15, 0.2) is 42.5 Å². The zero-order valence-electron chi connectivity index (χ0n) is 9.93. The Morgan fingerprint density at radius 3 is 2.56 bits per heavy atom. The van der Waals surface area contributed by atoms with Gasteiger partial charge in [0.05, 0.1) is 7.11 Å². The van der Waals surface area contributed by atoms with E-state index in [9.17, 15) is 5.11 Å². The highest BCUT2D eigenvalue weighted by molar-refractivity contribution is 6.30. The second-order valence-electron chi connectivity index (χ2n) is 3.92. The summed E-state index contributed by atoms with van der Waals surface area (Å²) in [5.74, 6) is 0.579. The number of methoxy groups -OCH3 is 1. The first kappa shape index (κ1) is 12.7. The van der Waals surface area contributed by atoms with Gasteiger partial charge in [0.2, 0.25) is 0 Å². The van der Waals surface area contributed by atoms with Crippen LogP contribution in [-0.2, 0) is 0 Å². The van der Waals surface area contributed by atoms with E-state index in [1.807, 2.05) is 12.1 Å². The van der Waals surface area contributed by atoms with Gasteiger partial charge in [-0.3, -0.25) is 0 Å². The molecule has 0 fully saturated rings. The molecule has 0 aliphatic heterocycles. The van der Waals surface area contributed by atoms with Crippen LogP contribution in [0, 0.1) is 0 Å². The van der Waals surface area contributed by atoms with Crippen LogP contribution in [-0.4, -0.2) is 12.2 Å². The number of nitrogens with two attached hydrogens (primary N) is 1. The minimum Gasteiger partial charge on any atom is -0.496 e. The van der Waals surface area contributed by atoms with Crippen LogP contribution >= 0.6 is 11.6 Å². The van der Waals surface area contributed by atoms with Crippen LogP contribution in [0.5, 0.6) is 5.75 Å². The molecule has 3 nitrogen and oxygen atoms in total. The highest BCUT2D eigenvalue weighted by atomic mass is 35.5. The Balaban J connectivity index is 2.48. The number of rotatable bonds is 3. The van der Waals surface area contributed by atoms with E-state index in [0.29, 0.717) is 27.6 Å². The first-order valence-corrected chi connectivity index (χ1v) is 5.87. The van der Waals surface area contributed by atoms with E-state index in [2.05, 4.69) is 0 Å². The zero-order chi connectivity index (χ0) is 13.1. The highest BCUT2D eigenvalue weighted by Gasteiger charge is 2.17. The van der Waals surface area contributed by atoms with Crippen molar-refractivity contribution in [2.45, 2.75) is 6.10 Å². The quantitative estimate of drug-likeness (QED) is 0.837. The Morgan fingerprint density at radius 2 is 1.89 bits per heavy atom. The first-order chi connectivity index (χ1) is 8.63. The van der Waals surface area contributed by atoms with Crippen molar-refractivity contribution in [1.82, 2.24) is 0 Å². The molecule has 0 aromatic heterocycles. The van der Waals surface area contributed by atoms with E-state index < -0.39 is 6.10 Å². The Hall–Kier alpha value is -1.71. The molecule has 2 aromatic carbocycles. The van der Waals surface area contributed by atoms with Crippen LogP contribution in [0.1, 0.15) is 17.2 Å². The molecule has 4 heteroatoms. The van der Waals surface area contributed by atoms with Gasteiger partial charge >= 0.3 is 0 Å². The van der Waals surface area contributed by atoms with Gasteiger partial charge in [0.15, 0.2) is 0 Å². The molecule has 0 heterocycles. The van der Waals surface area contributed by atoms with Gasteiger partial charge in [-0.05, 0) is 24.3 Å². The third kappa shape index (κ3) is 2.42. The molecule has 0 aliphatic carbocycles. The third-order valence-corrected chi connectivity index (χ3v) is 3.01. The van der Waals surface area contributed by atoms with Gasteiger partial charge in [-0.1, -0.05) is 29.8 Å². The number of hydrogen-bond donors (Lipinski definition) is 2. The van der Waals surface area contributed by atoms with Crippen LogP contribution in [0.2, 0.25) is 5.02 Å². The molecule has 0 saturated heterocycles. The van der Waals surface area contributed by atoms with Crippen LogP contribution in [0.4, 0.5) is 5.69 Å². The Bertz CT molecular complexity index is 557. The number of hydrogen-bond acceptors (Lipinski definition) is 3. The number of aliphatic hydroxyl groups is 1. The number of nitrogen functional groups attached to an aromatic ring is 1. The first-order valence-electron chi connectivity index (χ1n) is 5.49. The average molecular weight is 264 g/mol. The molecule has 0 saturated carbocycles. The molecule has 2 rings (SSSR count). The molecular formula is C14H14ClNO2.